The summed E-state index contributed by atoms with van der Waals surface area (Å²) >= 11 is 0. The second-order valence-corrected chi connectivity index (χ2v) is 4.50. The molecule has 0 spiro atoms. The van der Waals surface area contributed by atoms with E-state index in [1.165, 1.54) is 0 Å². The molecule has 110 valence electrons. The monoisotopic (exact) mass is 284 g/mol. The molecule has 0 unspecified atom stereocenters. The van der Waals surface area contributed by atoms with Crippen molar-refractivity contribution in [3.8, 4) is 17.2 Å². The molecular weight excluding hydrogens is 264 g/mol. The highest BCUT2D eigenvalue weighted by Gasteiger charge is 2.15. The van der Waals surface area contributed by atoms with Crippen molar-refractivity contribution in [2.24, 2.45) is 0 Å². The topological polar surface area (TPSA) is 48.2 Å². The van der Waals surface area contributed by atoms with Crippen LogP contribution < -0.4 is 4.74 Å². The third-order valence-electron chi connectivity index (χ3n) is 3.03. The molecule has 0 amide bonds. The molecule has 21 heavy (non-hydrogen) atoms. The van der Waals surface area contributed by atoms with Gasteiger partial charge < -0.3 is 9.15 Å². The average molecular weight is 284 g/mol. The van der Waals surface area contributed by atoms with Crippen LogP contribution >= 0.6 is 0 Å². The average Bonchev–Trinajstić information content (AvgIpc) is 2.94. The third-order valence-corrected chi connectivity index (χ3v) is 3.03. The summed E-state index contributed by atoms with van der Waals surface area (Å²) < 4.78 is 11.1. The molecule has 0 fully saturated rings. The van der Waals surface area contributed by atoms with Gasteiger partial charge in [-0.05, 0) is 26.0 Å². The Bertz CT molecular complexity index is 748. The number of hydrogen-bond acceptors (Lipinski definition) is 4. The van der Waals surface area contributed by atoms with E-state index in [4.69, 9.17) is 9.15 Å². The number of aryl methyl sites for hydroxylation is 2. The van der Waals surface area contributed by atoms with Crippen molar-refractivity contribution in [1.82, 2.24) is 9.97 Å². The van der Waals surface area contributed by atoms with Crippen LogP contribution in [0, 0.1) is 13.8 Å². The molecule has 4 heteroatoms. The molecule has 1 aromatic carbocycles. The maximum absolute atomic E-state index is 5.56. The predicted octanol–water partition coefficient (Wildman–Crippen LogP) is 4.54. The van der Waals surface area contributed by atoms with Gasteiger partial charge in [-0.15, -0.1) is 0 Å². The fourth-order valence-electron chi connectivity index (χ4n) is 2.13. The van der Waals surface area contributed by atoms with E-state index in [0.29, 0.717) is 5.89 Å². The van der Waals surface area contributed by atoms with Gasteiger partial charge in [0.2, 0.25) is 5.89 Å². The number of oxazole rings is 1. The third kappa shape index (κ3) is 2.89. The van der Waals surface area contributed by atoms with E-state index in [1.54, 1.807) is 19.5 Å². The Morgan fingerprint density at radius 3 is 2.43 bits per heavy atom. The molecule has 0 radical (unpaired) electrons. The molecule has 0 atom stereocenters. The number of fused-ring (bicyclic) bond motifs is 1. The maximum atomic E-state index is 5.56. The Labute approximate surface area is 124 Å². The minimum absolute atomic E-state index is 0.533. The molecule has 2 aromatic heterocycles. The number of hydrogen-bond donors (Lipinski definition) is 0. The van der Waals surface area contributed by atoms with Crippen molar-refractivity contribution in [3.63, 3.8) is 0 Å². The lowest BCUT2D eigenvalue weighted by Crippen LogP contribution is -1.92. The number of methoxy groups -OCH3 is 1. The molecule has 0 saturated carbocycles. The summed E-state index contributed by atoms with van der Waals surface area (Å²) in [6.07, 6.45) is 3.43. The van der Waals surface area contributed by atoms with Gasteiger partial charge in [-0.3, -0.25) is 4.98 Å². The highest BCUT2D eigenvalue weighted by atomic mass is 16.5. The fourth-order valence-corrected chi connectivity index (χ4v) is 2.13. The van der Waals surface area contributed by atoms with Gasteiger partial charge in [-0.25, -0.2) is 4.98 Å². The Hall–Kier alpha value is -2.36. The van der Waals surface area contributed by atoms with Crippen molar-refractivity contribution in [2.45, 2.75) is 27.7 Å². The van der Waals surface area contributed by atoms with Crippen molar-refractivity contribution >= 4 is 10.9 Å². The van der Waals surface area contributed by atoms with Gasteiger partial charge in [-0.1, -0.05) is 25.5 Å². The van der Waals surface area contributed by atoms with E-state index in [9.17, 15) is 0 Å². The smallest absolute Gasteiger partial charge is 0.231 e. The normalized spacial score (nSPS) is 10.1. The lowest BCUT2D eigenvalue weighted by Gasteiger charge is -2.09. The number of rotatable bonds is 2. The number of benzene rings is 1. The summed E-state index contributed by atoms with van der Waals surface area (Å²) in [5.74, 6) is 2.04. The standard InChI is InChI=1S/C15H14N2O2.C2H6/c1-9-4-5-13-11(6-9)14(18-3)12(8-16-13)15-17-7-10(2)19-15;1-2/h4-8H,1-3H3;1-2H3. The predicted molar refractivity (Wildman–Crippen MR) is 84.6 cm³/mol. The Morgan fingerprint density at radius 1 is 1.05 bits per heavy atom. The van der Waals surface area contributed by atoms with E-state index < -0.39 is 0 Å². The van der Waals surface area contributed by atoms with Gasteiger partial charge in [0.1, 0.15) is 11.5 Å². The van der Waals surface area contributed by atoms with Crippen LogP contribution in [-0.4, -0.2) is 17.1 Å². The zero-order chi connectivity index (χ0) is 15.4. The fraction of sp³-hybridized carbons (Fsp3) is 0.294. The first-order chi connectivity index (χ1) is 10.2. The molecule has 3 rings (SSSR count). The number of pyridine rings is 1. The first-order valence-electron chi connectivity index (χ1n) is 7.05. The lowest BCUT2D eigenvalue weighted by atomic mass is 10.1. The number of aromatic nitrogens is 2. The second kappa shape index (κ2) is 6.39. The largest absolute Gasteiger partial charge is 0.495 e. The summed E-state index contributed by atoms with van der Waals surface area (Å²) in [7, 11) is 1.65. The summed E-state index contributed by atoms with van der Waals surface area (Å²) in [6, 6.07) is 6.07. The zero-order valence-electron chi connectivity index (χ0n) is 13.1. The van der Waals surface area contributed by atoms with Crippen LogP contribution in [0.4, 0.5) is 0 Å². The van der Waals surface area contributed by atoms with Crippen molar-refractivity contribution in [1.29, 1.82) is 0 Å². The summed E-state index contributed by atoms with van der Waals surface area (Å²) in [4.78, 5) is 8.67. The van der Waals surface area contributed by atoms with Crippen LogP contribution in [-0.2, 0) is 0 Å². The van der Waals surface area contributed by atoms with Gasteiger partial charge in [-0.2, -0.15) is 0 Å². The Balaban J connectivity index is 0.000000774. The van der Waals surface area contributed by atoms with Gasteiger partial charge in [0.05, 0.1) is 24.4 Å². The van der Waals surface area contributed by atoms with Crippen LogP contribution in [0.15, 0.2) is 35.0 Å². The minimum Gasteiger partial charge on any atom is -0.495 e. The van der Waals surface area contributed by atoms with Crippen molar-refractivity contribution in [3.05, 3.63) is 41.9 Å². The van der Waals surface area contributed by atoms with Crippen LogP contribution in [0.5, 0.6) is 5.75 Å². The molecular formula is C17H20N2O2. The lowest BCUT2D eigenvalue weighted by molar-refractivity contribution is 0.418. The van der Waals surface area contributed by atoms with Gasteiger partial charge in [0, 0.05) is 11.6 Å². The van der Waals surface area contributed by atoms with Crippen molar-refractivity contribution < 1.29 is 9.15 Å². The molecule has 2 heterocycles. The number of ether oxygens (including phenoxy) is 1. The summed E-state index contributed by atoms with van der Waals surface area (Å²) in [5.41, 5.74) is 2.83. The van der Waals surface area contributed by atoms with Gasteiger partial charge in [0.15, 0.2) is 0 Å². The van der Waals surface area contributed by atoms with Crippen LogP contribution in [0.3, 0.4) is 0 Å². The van der Waals surface area contributed by atoms with Crippen LogP contribution in [0.25, 0.3) is 22.4 Å². The molecule has 0 aliphatic carbocycles. The summed E-state index contributed by atoms with van der Waals surface area (Å²) in [6.45, 7) is 7.91. The van der Waals surface area contributed by atoms with E-state index >= 15 is 0 Å². The first-order valence-corrected chi connectivity index (χ1v) is 7.05. The zero-order valence-corrected chi connectivity index (χ0v) is 13.1. The molecule has 0 bridgehead atoms. The number of nitrogens with zero attached hydrogens (tertiary/aromatic N) is 2. The van der Waals surface area contributed by atoms with Gasteiger partial charge in [0.25, 0.3) is 0 Å². The minimum atomic E-state index is 0.533. The maximum Gasteiger partial charge on any atom is 0.231 e. The SMILES string of the molecule is CC.COc1c(-c2ncc(C)o2)cnc2ccc(C)cc12. The van der Waals surface area contributed by atoms with E-state index in [1.807, 2.05) is 39.8 Å². The quantitative estimate of drug-likeness (QED) is 0.693. The van der Waals surface area contributed by atoms with Crippen LogP contribution in [0.1, 0.15) is 25.2 Å². The van der Waals surface area contributed by atoms with Crippen molar-refractivity contribution in [2.75, 3.05) is 7.11 Å². The Morgan fingerprint density at radius 2 is 1.81 bits per heavy atom. The highest BCUT2D eigenvalue weighted by Crippen LogP contribution is 2.35. The first kappa shape index (κ1) is 15.0. The molecule has 0 N–H and O–H groups in total. The van der Waals surface area contributed by atoms with E-state index in [-0.39, 0.29) is 0 Å². The highest BCUT2D eigenvalue weighted by molar-refractivity contribution is 5.91. The van der Waals surface area contributed by atoms with Crippen LogP contribution in [0.2, 0.25) is 0 Å². The molecule has 0 saturated heterocycles. The summed E-state index contributed by atoms with van der Waals surface area (Å²) in [5, 5.41) is 0.968. The molecule has 0 aliphatic rings. The Kier molecular flexibility index (Phi) is 4.58. The second-order valence-electron chi connectivity index (χ2n) is 4.50. The molecule has 0 aliphatic heterocycles. The van der Waals surface area contributed by atoms with E-state index in [0.717, 1.165) is 33.5 Å². The van der Waals surface area contributed by atoms with E-state index in [2.05, 4.69) is 16.0 Å². The molecule has 3 aromatic rings. The van der Waals surface area contributed by atoms with Gasteiger partial charge >= 0.3 is 0 Å². The molecule has 4 nitrogen and oxygen atoms in total.